The molecule has 2 N–H and O–H groups in total. The van der Waals surface area contributed by atoms with Crippen molar-refractivity contribution in [3.05, 3.63) is 18.5 Å². The molecular weight excluding hydrogens is 198 g/mol. The molecule has 0 unspecified atom stereocenters. The highest BCUT2D eigenvalue weighted by molar-refractivity contribution is 5.55. The maximum atomic E-state index is 4.24. The number of anilines is 2. The zero-order valence-electron chi connectivity index (χ0n) is 10.4. The molecular formula is C13H21N3. The first-order valence-corrected chi connectivity index (χ1v) is 6.09. The van der Waals surface area contributed by atoms with Gasteiger partial charge in [0.25, 0.3) is 0 Å². The van der Waals surface area contributed by atoms with E-state index in [-0.39, 0.29) is 5.54 Å². The molecule has 0 radical (unpaired) electrons. The summed E-state index contributed by atoms with van der Waals surface area (Å²) in [7, 11) is 0. The molecule has 0 atom stereocenters. The van der Waals surface area contributed by atoms with Crippen LogP contribution in [-0.4, -0.2) is 17.1 Å². The van der Waals surface area contributed by atoms with Crippen LogP contribution in [0.4, 0.5) is 11.4 Å². The zero-order valence-corrected chi connectivity index (χ0v) is 10.4. The van der Waals surface area contributed by atoms with Gasteiger partial charge in [0, 0.05) is 12.1 Å². The largest absolute Gasteiger partial charge is 0.384 e. The van der Waals surface area contributed by atoms with Crippen LogP contribution < -0.4 is 10.6 Å². The van der Waals surface area contributed by atoms with Crippen molar-refractivity contribution < 1.29 is 0 Å². The number of nitrogens with zero attached hydrogens (tertiary/aromatic N) is 1. The molecule has 2 rings (SSSR count). The van der Waals surface area contributed by atoms with Crippen molar-refractivity contribution in [3.8, 4) is 0 Å². The summed E-state index contributed by atoms with van der Waals surface area (Å²) >= 11 is 0. The van der Waals surface area contributed by atoms with Crippen molar-refractivity contribution in [2.75, 3.05) is 17.2 Å². The summed E-state index contributed by atoms with van der Waals surface area (Å²) in [6.07, 6.45) is 6.45. The highest BCUT2D eigenvalue weighted by Crippen LogP contribution is 2.41. The van der Waals surface area contributed by atoms with Crippen LogP contribution in [0.3, 0.4) is 0 Å². The van der Waals surface area contributed by atoms with Gasteiger partial charge in [-0.15, -0.1) is 0 Å². The molecule has 0 saturated heterocycles. The Morgan fingerprint density at radius 3 is 2.62 bits per heavy atom. The Labute approximate surface area is 97.7 Å². The summed E-state index contributed by atoms with van der Waals surface area (Å²) in [4.78, 5) is 4.24. The van der Waals surface area contributed by atoms with Crippen molar-refractivity contribution in [1.29, 1.82) is 0 Å². The van der Waals surface area contributed by atoms with Crippen LogP contribution in [0.15, 0.2) is 18.5 Å². The number of aromatic nitrogens is 1. The number of rotatable bonds is 5. The van der Waals surface area contributed by atoms with Crippen LogP contribution in [0, 0.1) is 5.92 Å². The van der Waals surface area contributed by atoms with E-state index in [2.05, 4.69) is 42.5 Å². The summed E-state index contributed by atoms with van der Waals surface area (Å²) in [5.41, 5.74) is 2.38. The average Bonchev–Trinajstić information content (AvgIpc) is 3.01. The fourth-order valence-electron chi connectivity index (χ4n) is 2.09. The van der Waals surface area contributed by atoms with Gasteiger partial charge in [-0.05, 0) is 45.6 Å². The lowest BCUT2D eigenvalue weighted by Gasteiger charge is -2.27. The molecule has 1 fully saturated rings. The van der Waals surface area contributed by atoms with Gasteiger partial charge in [-0.1, -0.05) is 0 Å². The van der Waals surface area contributed by atoms with Crippen molar-refractivity contribution in [2.45, 2.75) is 39.2 Å². The predicted molar refractivity (Wildman–Crippen MR) is 68.8 cm³/mol. The number of pyridine rings is 1. The molecule has 1 aromatic heterocycles. The Morgan fingerprint density at radius 1 is 1.31 bits per heavy atom. The van der Waals surface area contributed by atoms with E-state index in [0.29, 0.717) is 0 Å². The first-order chi connectivity index (χ1) is 7.62. The summed E-state index contributed by atoms with van der Waals surface area (Å²) in [5.74, 6) is 0.815. The third-order valence-electron chi connectivity index (χ3n) is 3.18. The van der Waals surface area contributed by atoms with Crippen molar-refractivity contribution >= 4 is 11.4 Å². The molecule has 1 aliphatic rings. The Hall–Kier alpha value is -1.25. The van der Waals surface area contributed by atoms with Crippen LogP contribution in [0.5, 0.6) is 0 Å². The Balaban J connectivity index is 2.05. The van der Waals surface area contributed by atoms with Crippen LogP contribution in [0.25, 0.3) is 0 Å². The standard InChI is InChI=1S/C13H21N3/c1-4-15-11-7-12(9-14-8-11)16-13(2,3)10-5-6-10/h7-10,15-16H,4-6H2,1-3H3. The number of hydrogen-bond donors (Lipinski definition) is 2. The van der Waals surface area contributed by atoms with E-state index in [1.54, 1.807) is 0 Å². The third kappa shape index (κ3) is 2.65. The Bertz CT molecular complexity index is 356. The van der Waals surface area contributed by atoms with Gasteiger partial charge < -0.3 is 10.6 Å². The van der Waals surface area contributed by atoms with Gasteiger partial charge in [0.15, 0.2) is 0 Å². The average molecular weight is 219 g/mol. The van der Waals surface area contributed by atoms with Gasteiger partial charge in [0.1, 0.15) is 0 Å². The zero-order chi connectivity index (χ0) is 11.6. The van der Waals surface area contributed by atoms with E-state index in [1.807, 2.05) is 12.4 Å². The van der Waals surface area contributed by atoms with E-state index < -0.39 is 0 Å². The number of nitrogens with one attached hydrogen (secondary N) is 2. The van der Waals surface area contributed by atoms with Crippen molar-refractivity contribution in [2.24, 2.45) is 5.92 Å². The van der Waals surface area contributed by atoms with Gasteiger partial charge in [0.2, 0.25) is 0 Å². The molecule has 0 bridgehead atoms. The van der Waals surface area contributed by atoms with Gasteiger partial charge in [-0.3, -0.25) is 4.98 Å². The number of hydrogen-bond acceptors (Lipinski definition) is 3. The van der Waals surface area contributed by atoms with E-state index in [4.69, 9.17) is 0 Å². The van der Waals surface area contributed by atoms with Gasteiger partial charge in [0.05, 0.1) is 23.8 Å². The van der Waals surface area contributed by atoms with Gasteiger partial charge >= 0.3 is 0 Å². The van der Waals surface area contributed by atoms with E-state index in [9.17, 15) is 0 Å². The molecule has 0 aromatic carbocycles. The molecule has 3 nitrogen and oxygen atoms in total. The molecule has 0 aliphatic heterocycles. The van der Waals surface area contributed by atoms with E-state index >= 15 is 0 Å². The summed E-state index contributed by atoms with van der Waals surface area (Å²) in [6.45, 7) is 7.56. The smallest absolute Gasteiger partial charge is 0.0551 e. The first kappa shape index (κ1) is 11.2. The lowest BCUT2D eigenvalue weighted by molar-refractivity contribution is 0.494. The molecule has 1 aromatic rings. The van der Waals surface area contributed by atoms with Crippen LogP contribution >= 0.6 is 0 Å². The van der Waals surface area contributed by atoms with Crippen LogP contribution in [-0.2, 0) is 0 Å². The SMILES string of the molecule is CCNc1cncc(NC(C)(C)C2CC2)c1. The lowest BCUT2D eigenvalue weighted by Crippen LogP contribution is -2.33. The molecule has 1 aliphatic carbocycles. The molecule has 0 spiro atoms. The summed E-state index contributed by atoms with van der Waals surface area (Å²) in [6, 6.07) is 2.13. The second kappa shape index (κ2) is 4.32. The second-order valence-electron chi connectivity index (χ2n) is 5.11. The highest BCUT2D eigenvalue weighted by Gasteiger charge is 2.37. The summed E-state index contributed by atoms with van der Waals surface area (Å²) < 4.78 is 0. The molecule has 0 amide bonds. The molecule has 16 heavy (non-hydrogen) atoms. The first-order valence-electron chi connectivity index (χ1n) is 6.09. The fourth-order valence-corrected chi connectivity index (χ4v) is 2.09. The topological polar surface area (TPSA) is 37.0 Å². The quantitative estimate of drug-likeness (QED) is 0.799. The predicted octanol–water partition coefficient (Wildman–Crippen LogP) is 3.11. The van der Waals surface area contributed by atoms with Crippen LogP contribution in [0.1, 0.15) is 33.6 Å². The van der Waals surface area contributed by atoms with E-state index in [1.165, 1.54) is 12.8 Å². The second-order valence-corrected chi connectivity index (χ2v) is 5.11. The minimum atomic E-state index is 0.187. The Morgan fingerprint density at radius 2 is 2.00 bits per heavy atom. The fraction of sp³-hybridized carbons (Fsp3) is 0.615. The third-order valence-corrected chi connectivity index (χ3v) is 3.18. The Kier molecular flexibility index (Phi) is 3.03. The van der Waals surface area contributed by atoms with E-state index in [0.717, 1.165) is 23.8 Å². The highest BCUT2D eigenvalue weighted by atomic mass is 15.0. The lowest BCUT2D eigenvalue weighted by atomic mass is 9.98. The minimum absolute atomic E-state index is 0.187. The normalized spacial score (nSPS) is 15.9. The summed E-state index contributed by atoms with van der Waals surface area (Å²) in [5, 5.41) is 6.85. The van der Waals surface area contributed by atoms with Crippen molar-refractivity contribution in [3.63, 3.8) is 0 Å². The van der Waals surface area contributed by atoms with Crippen LogP contribution in [0.2, 0.25) is 0 Å². The maximum absolute atomic E-state index is 4.24. The minimum Gasteiger partial charge on any atom is -0.384 e. The molecule has 1 heterocycles. The molecule has 1 saturated carbocycles. The van der Waals surface area contributed by atoms with Gasteiger partial charge in [-0.25, -0.2) is 0 Å². The molecule has 88 valence electrons. The monoisotopic (exact) mass is 219 g/mol. The molecule has 3 heteroatoms. The maximum Gasteiger partial charge on any atom is 0.0551 e. The van der Waals surface area contributed by atoms with Gasteiger partial charge in [-0.2, -0.15) is 0 Å². The van der Waals surface area contributed by atoms with Crippen molar-refractivity contribution in [1.82, 2.24) is 4.98 Å².